The molecule has 0 saturated heterocycles. The highest BCUT2D eigenvalue weighted by molar-refractivity contribution is 6.27. The van der Waals surface area contributed by atoms with Gasteiger partial charge in [0.25, 0.3) is 0 Å². The number of hydrogen-bond donors (Lipinski definition) is 0. The minimum Gasteiger partial charge on any atom is -0.456 e. The first-order chi connectivity index (χ1) is 34.7. The van der Waals surface area contributed by atoms with Gasteiger partial charge in [-0.15, -0.1) is 0 Å². The van der Waals surface area contributed by atoms with Crippen molar-refractivity contribution in [2.75, 3.05) is 0 Å². The number of benzene rings is 10. The number of furan rings is 2. The van der Waals surface area contributed by atoms with Gasteiger partial charge < -0.3 is 8.83 Å². The number of hydrogen-bond acceptors (Lipinski definition) is 5. The lowest BCUT2D eigenvalue weighted by Crippen LogP contribution is -1.96. The number of nitrogens with zero attached hydrogens (tertiary/aromatic N) is 3. The monoisotopic (exact) mass is 893 g/mol. The Morgan fingerprint density at radius 1 is 0.286 bits per heavy atom. The first-order valence-electron chi connectivity index (χ1n) is 23.6. The van der Waals surface area contributed by atoms with Gasteiger partial charge in [-0.3, -0.25) is 0 Å². The van der Waals surface area contributed by atoms with Crippen molar-refractivity contribution in [2.24, 2.45) is 0 Å². The van der Waals surface area contributed by atoms with E-state index in [1.807, 2.05) is 36.4 Å². The Morgan fingerprint density at radius 3 is 1.53 bits per heavy atom. The smallest absolute Gasteiger partial charge is 0.160 e. The molecule has 0 aliphatic carbocycles. The van der Waals surface area contributed by atoms with Crippen LogP contribution in [0.4, 0.5) is 0 Å². The van der Waals surface area contributed by atoms with E-state index in [-0.39, 0.29) is 0 Å². The summed E-state index contributed by atoms with van der Waals surface area (Å²) in [5.74, 6) is 0.664. The second-order valence-electron chi connectivity index (χ2n) is 17.8. The average molecular weight is 894 g/mol. The molecule has 4 aromatic heterocycles. The molecule has 0 N–H and O–H groups in total. The number of rotatable bonds is 7. The molecule has 0 saturated carbocycles. The molecule has 326 valence electrons. The summed E-state index contributed by atoms with van der Waals surface area (Å²) < 4.78 is 13.0. The zero-order valence-electron chi connectivity index (χ0n) is 37.7. The van der Waals surface area contributed by atoms with Crippen molar-refractivity contribution in [3.05, 3.63) is 237 Å². The molecule has 0 aliphatic heterocycles. The normalized spacial score (nSPS) is 11.7. The van der Waals surface area contributed by atoms with Gasteiger partial charge in [0, 0.05) is 71.1 Å². The Hall–Kier alpha value is -9.45. The van der Waals surface area contributed by atoms with Crippen LogP contribution in [-0.4, -0.2) is 15.0 Å². The Labute approximate surface area is 402 Å². The molecule has 14 aromatic rings. The summed E-state index contributed by atoms with van der Waals surface area (Å²) in [4.78, 5) is 15.7. The van der Waals surface area contributed by atoms with Crippen molar-refractivity contribution >= 4 is 65.6 Å². The van der Waals surface area contributed by atoms with E-state index in [0.29, 0.717) is 5.82 Å². The minimum atomic E-state index is 0.664. The van der Waals surface area contributed by atoms with Gasteiger partial charge in [-0.2, -0.15) is 0 Å². The summed E-state index contributed by atoms with van der Waals surface area (Å²) in [5.41, 5.74) is 17.7. The molecule has 14 rings (SSSR count). The predicted molar refractivity (Wildman–Crippen MR) is 287 cm³/mol. The van der Waals surface area contributed by atoms with E-state index in [1.54, 1.807) is 0 Å². The summed E-state index contributed by atoms with van der Waals surface area (Å²) in [6.45, 7) is 0. The molecular formula is C65H39N3O2. The third-order valence-electron chi connectivity index (χ3n) is 13.7. The summed E-state index contributed by atoms with van der Waals surface area (Å²) in [7, 11) is 0. The maximum absolute atomic E-state index is 6.60. The molecule has 0 bridgehead atoms. The Balaban J connectivity index is 0.824. The van der Waals surface area contributed by atoms with Gasteiger partial charge in [-0.25, -0.2) is 15.0 Å². The third kappa shape index (κ3) is 6.59. The van der Waals surface area contributed by atoms with E-state index in [1.165, 1.54) is 5.39 Å². The van der Waals surface area contributed by atoms with Crippen LogP contribution >= 0.6 is 0 Å². The van der Waals surface area contributed by atoms with Crippen LogP contribution in [0.2, 0.25) is 0 Å². The number of aromatic nitrogens is 3. The molecule has 0 fully saturated rings. The van der Waals surface area contributed by atoms with E-state index >= 15 is 0 Å². The van der Waals surface area contributed by atoms with Crippen LogP contribution in [0.3, 0.4) is 0 Å². The lowest BCUT2D eigenvalue weighted by molar-refractivity contribution is 0.669. The molecule has 5 heteroatoms. The van der Waals surface area contributed by atoms with Crippen molar-refractivity contribution < 1.29 is 8.83 Å². The van der Waals surface area contributed by atoms with Gasteiger partial charge in [-0.05, 0) is 52.6 Å². The summed E-state index contributed by atoms with van der Waals surface area (Å²) >= 11 is 0. The van der Waals surface area contributed by atoms with Gasteiger partial charge in [0.05, 0.1) is 22.6 Å². The van der Waals surface area contributed by atoms with Gasteiger partial charge in [0.2, 0.25) is 0 Å². The SMILES string of the molecule is c1ccc(-c2cc(-c3ccc(-c4cccc5c4oc4ccccc45)cc3)nc(-c3ccc(-c4ccc(-c5nc6ccccc6c6c(-c7ccccc7)c7c(cc56)oc5ccccc57)cc4)cc3)n2)cc1. The van der Waals surface area contributed by atoms with E-state index in [9.17, 15) is 0 Å². The second-order valence-corrected chi connectivity index (χ2v) is 17.8. The minimum absolute atomic E-state index is 0.664. The average Bonchev–Trinajstić information content (AvgIpc) is 4.01. The van der Waals surface area contributed by atoms with E-state index in [0.717, 1.165) is 133 Å². The highest BCUT2D eigenvalue weighted by Crippen LogP contribution is 2.46. The van der Waals surface area contributed by atoms with E-state index in [2.05, 4.69) is 200 Å². The predicted octanol–water partition coefficient (Wildman–Crippen LogP) is 17.6. The third-order valence-corrected chi connectivity index (χ3v) is 13.7. The molecule has 0 spiro atoms. The number of pyridine rings is 1. The van der Waals surface area contributed by atoms with Crippen LogP contribution in [0.25, 0.3) is 144 Å². The lowest BCUT2D eigenvalue weighted by atomic mass is 9.89. The summed E-state index contributed by atoms with van der Waals surface area (Å²) in [6.07, 6.45) is 0. The zero-order valence-corrected chi connectivity index (χ0v) is 37.7. The van der Waals surface area contributed by atoms with Crippen LogP contribution in [0, 0.1) is 0 Å². The molecular weight excluding hydrogens is 855 g/mol. The highest BCUT2D eigenvalue weighted by Gasteiger charge is 2.22. The maximum Gasteiger partial charge on any atom is 0.160 e. The van der Waals surface area contributed by atoms with Crippen molar-refractivity contribution in [3.63, 3.8) is 0 Å². The second kappa shape index (κ2) is 16.1. The highest BCUT2D eigenvalue weighted by atomic mass is 16.3. The van der Waals surface area contributed by atoms with Crippen molar-refractivity contribution in [2.45, 2.75) is 0 Å². The fraction of sp³-hybridized carbons (Fsp3) is 0. The van der Waals surface area contributed by atoms with Crippen LogP contribution in [0.1, 0.15) is 0 Å². The van der Waals surface area contributed by atoms with Gasteiger partial charge in [-0.1, -0.05) is 206 Å². The topological polar surface area (TPSA) is 65.0 Å². The molecule has 10 aromatic carbocycles. The van der Waals surface area contributed by atoms with Crippen LogP contribution in [-0.2, 0) is 0 Å². The summed E-state index contributed by atoms with van der Waals surface area (Å²) in [5, 5.41) is 7.79. The van der Waals surface area contributed by atoms with Crippen molar-refractivity contribution in [1.82, 2.24) is 15.0 Å². The van der Waals surface area contributed by atoms with E-state index < -0.39 is 0 Å². The van der Waals surface area contributed by atoms with Gasteiger partial charge in [0.1, 0.15) is 22.3 Å². The molecule has 5 nitrogen and oxygen atoms in total. The molecule has 70 heavy (non-hydrogen) atoms. The molecule has 0 unspecified atom stereocenters. The fourth-order valence-electron chi connectivity index (χ4n) is 10.3. The van der Waals surface area contributed by atoms with Crippen LogP contribution in [0.15, 0.2) is 245 Å². The molecule has 0 atom stereocenters. The summed E-state index contributed by atoms with van der Waals surface area (Å²) in [6, 6.07) is 82.5. The molecule has 0 radical (unpaired) electrons. The van der Waals surface area contributed by atoms with Gasteiger partial charge >= 0.3 is 0 Å². The number of fused-ring (bicyclic) bond motifs is 9. The lowest BCUT2D eigenvalue weighted by Gasteiger charge is -2.16. The van der Waals surface area contributed by atoms with Crippen molar-refractivity contribution in [3.8, 4) is 78.5 Å². The maximum atomic E-state index is 6.60. The quantitative estimate of drug-likeness (QED) is 0.149. The number of para-hydroxylation sites is 4. The van der Waals surface area contributed by atoms with Crippen LogP contribution in [0.5, 0.6) is 0 Å². The molecule has 0 amide bonds. The van der Waals surface area contributed by atoms with E-state index in [4.69, 9.17) is 23.8 Å². The Bertz CT molecular complexity index is 4310. The first kappa shape index (κ1) is 39.7. The van der Waals surface area contributed by atoms with Crippen molar-refractivity contribution in [1.29, 1.82) is 0 Å². The van der Waals surface area contributed by atoms with Crippen LogP contribution < -0.4 is 0 Å². The Morgan fingerprint density at radius 2 is 0.814 bits per heavy atom. The standard InChI is InChI=1S/C65H39N3O2/c1-3-14-43(15-4-1)55-39-56(44-32-30-42(31-33-44)48-21-13-22-50-49-18-8-11-24-57(49)70-64(48)50)68-65(67-55)47-36-28-41(29-37-47)40-26-34-46(35-27-40)63-53-38-59-62(52-20-9-12-25-58(52)69-59)60(45-16-5-2-6-17-45)61(53)51-19-7-10-23-54(51)66-63/h1-39H. The Kier molecular flexibility index (Phi) is 9.14. The van der Waals surface area contributed by atoms with Gasteiger partial charge in [0.15, 0.2) is 5.82 Å². The zero-order chi connectivity index (χ0) is 46.1. The molecule has 4 heterocycles. The molecule has 0 aliphatic rings. The first-order valence-corrected chi connectivity index (χ1v) is 23.6. The largest absolute Gasteiger partial charge is 0.456 e. The fourth-order valence-corrected chi connectivity index (χ4v) is 10.3.